The van der Waals surface area contributed by atoms with Crippen LogP contribution in [0.3, 0.4) is 0 Å². The first kappa shape index (κ1) is 68.1. The summed E-state index contributed by atoms with van der Waals surface area (Å²) < 4.78 is 16.9. The molecule has 0 aliphatic carbocycles. The van der Waals surface area contributed by atoms with Crippen molar-refractivity contribution in [3.63, 3.8) is 0 Å². The number of allylic oxidation sites excluding steroid dienone is 10. The Kier molecular flexibility index (Phi) is 57.2. The fraction of sp³-hybridized carbons (Fsp3) is 0.800. The van der Waals surface area contributed by atoms with Crippen LogP contribution in [0.1, 0.15) is 316 Å². The predicted octanol–water partition coefficient (Wildman–Crippen LogP) is 20.8. The average molecular weight is 994 g/mol. The summed E-state index contributed by atoms with van der Waals surface area (Å²) in [6, 6.07) is 0. The van der Waals surface area contributed by atoms with Crippen molar-refractivity contribution in [1.82, 2.24) is 0 Å². The number of carbonyl (C=O) groups is 3. The molecule has 6 heteroatoms. The second-order valence-electron chi connectivity index (χ2n) is 20.6. The zero-order valence-electron chi connectivity index (χ0n) is 47.2. The molecular formula is C65H116O6. The van der Waals surface area contributed by atoms with Crippen molar-refractivity contribution in [3.05, 3.63) is 60.8 Å². The molecule has 0 spiro atoms. The standard InChI is InChI=1S/C65H116O6/c1-4-7-10-13-16-19-22-25-27-28-29-30-31-32-33-34-35-36-38-40-43-46-49-52-55-58-64(67)70-61-62(60-69-63(66)57-54-51-48-45-42-39-24-21-18-15-12-9-6-3)71-65(68)59-56-53-50-47-44-41-37-26-23-20-17-14-11-8-5-2/h21-22,24-26,28-29,31-32,37,62H,4-20,23,27,30,33-36,38-61H2,1-3H3/b24-21-,25-22-,29-28-,32-31-,37-26-. The van der Waals surface area contributed by atoms with E-state index in [4.69, 9.17) is 14.2 Å². The number of esters is 3. The fourth-order valence-corrected chi connectivity index (χ4v) is 8.79. The minimum Gasteiger partial charge on any atom is -0.462 e. The highest BCUT2D eigenvalue weighted by Crippen LogP contribution is 2.16. The van der Waals surface area contributed by atoms with E-state index < -0.39 is 6.10 Å². The van der Waals surface area contributed by atoms with Gasteiger partial charge in [-0.05, 0) is 109 Å². The minimum absolute atomic E-state index is 0.0809. The van der Waals surface area contributed by atoms with Crippen molar-refractivity contribution in [1.29, 1.82) is 0 Å². The van der Waals surface area contributed by atoms with E-state index >= 15 is 0 Å². The molecule has 0 saturated carbocycles. The summed E-state index contributed by atoms with van der Waals surface area (Å²) in [6.45, 7) is 6.62. The third-order valence-corrected chi connectivity index (χ3v) is 13.5. The Hall–Kier alpha value is -2.89. The number of ether oxygens (including phenoxy) is 3. The molecule has 0 amide bonds. The molecule has 0 rings (SSSR count). The van der Waals surface area contributed by atoms with Gasteiger partial charge in [0, 0.05) is 19.3 Å². The molecule has 0 bridgehead atoms. The van der Waals surface area contributed by atoms with E-state index in [0.29, 0.717) is 19.3 Å². The first-order valence-corrected chi connectivity index (χ1v) is 30.8. The highest BCUT2D eigenvalue weighted by atomic mass is 16.6. The number of rotatable bonds is 56. The van der Waals surface area contributed by atoms with Gasteiger partial charge in [0.25, 0.3) is 0 Å². The number of carbonyl (C=O) groups excluding carboxylic acids is 3. The highest BCUT2D eigenvalue weighted by molar-refractivity contribution is 5.71. The van der Waals surface area contributed by atoms with Crippen molar-refractivity contribution < 1.29 is 28.6 Å². The lowest BCUT2D eigenvalue weighted by Crippen LogP contribution is -2.30. The van der Waals surface area contributed by atoms with Crippen molar-refractivity contribution in [2.45, 2.75) is 322 Å². The van der Waals surface area contributed by atoms with Gasteiger partial charge in [-0.1, -0.05) is 248 Å². The molecule has 1 unspecified atom stereocenters. The molecule has 0 aromatic rings. The summed E-state index contributed by atoms with van der Waals surface area (Å²) in [5.41, 5.74) is 0. The molecular weight excluding hydrogens is 877 g/mol. The van der Waals surface area contributed by atoms with E-state index in [1.54, 1.807) is 0 Å². The normalized spacial score (nSPS) is 12.4. The SMILES string of the molecule is CCCCCC/C=C\CCCCCCCC(=O)OCC(COC(=O)CCCCCCCCCCCC/C=C\C/C=C\C/C=C\CCCCCCC)OC(=O)CCCCCCC/C=C\CCCCCCCC. The molecule has 0 aliphatic heterocycles. The first-order chi connectivity index (χ1) is 35.0. The molecule has 0 fully saturated rings. The molecule has 71 heavy (non-hydrogen) atoms. The molecule has 0 saturated heterocycles. The van der Waals surface area contributed by atoms with E-state index in [1.165, 1.54) is 186 Å². The van der Waals surface area contributed by atoms with Gasteiger partial charge in [-0.3, -0.25) is 14.4 Å². The van der Waals surface area contributed by atoms with Crippen LogP contribution in [0.4, 0.5) is 0 Å². The van der Waals surface area contributed by atoms with Crippen molar-refractivity contribution >= 4 is 17.9 Å². The van der Waals surface area contributed by atoms with Gasteiger partial charge in [0.2, 0.25) is 0 Å². The zero-order chi connectivity index (χ0) is 51.4. The Morgan fingerprint density at radius 3 is 0.817 bits per heavy atom. The zero-order valence-corrected chi connectivity index (χ0v) is 47.2. The van der Waals surface area contributed by atoms with Crippen LogP contribution in [0.15, 0.2) is 60.8 Å². The van der Waals surface area contributed by atoms with Crippen molar-refractivity contribution in [2.75, 3.05) is 13.2 Å². The Balaban J connectivity index is 4.30. The lowest BCUT2D eigenvalue weighted by molar-refractivity contribution is -0.167. The number of unbranched alkanes of at least 4 members (excludes halogenated alkanes) is 35. The molecule has 412 valence electrons. The van der Waals surface area contributed by atoms with E-state index in [9.17, 15) is 14.4 Å². The van der Waals surface area contributed by atoms with E-state index in [-0.39, 0.29) is 31.1 Å². The topological polar surface area (TPSA) is 78.9 Å². The summed E-state index contributed by atoms with van der Waals surface area (Å²) in [4.78, 5) is 38.2. The third-order valence-electron chi connectivity index (χ3n) is 13.5. The van der Waals surface area contributed by atoms with Crippen LogP contribution in [0.2, 0.25) is 0 Å². The van der Waals surface area contributed by atoms with Crippen LogP contribution in [0, 0.1) is 0 Å². The van der Waals surface area contributed by atoms with E-state index in [0.717, 1.165) is 89.9 Å². The summed E-state index contributed by atoms with van der Waals surface area (Å²) >= 11 is 0. The molecule has 0 heterocycles. The lowest BCUT2D eigenvalue weighted by Gasteiger charge is -2.18. The first-order valence-electron chi connectivity index (χ1n) is 30.8. The maximum absolute atomic E-state index is 12.9. The van der Waals surface area contributed by atoms with Gasteiger partial charge >= 0.3 is 17.9 Å². The van der Waals surface area contributed by atoms with Crippen LogP contribution in [-0.4, -0.2) is 37.2 Å². The van der Waals surface area contributed by atoms with E-state index in [1.807, 2.05) is 0 Å². The molecule has 0 N–H and O–H groups in total. The second-order valence-corrected chi connectivity index (χ2v) is 20.6. The van der Waals surface area contributed by atoms with Crippen LogP contribution in [0.25, 0.3) is 0 Å². The highest BCUT2D eigenvalue weighted by Gasteiger charge is 2.19. The molecule has 6 nitrogen and oxygen atoms in total. The molecule has 0 aromatic carbocycles. The minimum atomic E-state index is -0.783. The van der Waals surface area contributed by atoms with E-state index in [2.05, 4.69) is 81.5 Å². The smallest absolute Gasteiger partial charge is 0.306 e. The number of hydrogen-bond donors (Lipinski definition) is 0. The van der Waals surface area contributed by atoms with Crippen molar-refractivity contribution in [3.8, 4) is 0 Å². The third kappa shape index (κ3) is 57.9. The van der Waals surface area contributed by atoms with Gasteiger partial charge in [-0.2, -0.15) is 0 Å². The molecule has 0 aliphatic rings. The molecule has 1 atom stereocenters. The quantitative estimate of drug-likeness (QED) is 0.0261. The Bertz CT molecular complexity index is 1280. The number of hydrogen-bond acceptors (Lipinski definition) is 6. The summed E-state index contributed by atoms with van der Waals surface area (Å²) in [5.74, 6) is -0.889. The van der Waals surface area contributed by atoms with Gasteiger partial charge in [0.1, 0.15) is 13.2 Å². The van der Waals surface area contributed by atoms with Gasteiger partial charge in [0.05, 0.1) is 0 Å². The van der Waals surface area contributed by atoms with Gasteiger partial charge < -0.3 is 14.2 Å². The average Bonchev–Trinajstić information content (AvgIpc) is 3.37. The Morgan fingerprint density at radius 1 is 0.282 bits per heavy atom. The van der Waals surface area contributed by atoms with Gasteiger partial charge in [-0.15, -0.1) is 0 Å². The van der Waals surface area contributed by atoms with Crippen LogP contribution >= 0.6 is 0 Å². The van der Waals surface area contributed by atoms with Gasteiger partial charge in [0.15, 0.2) is 6.10 Å². The largest absolute Gasteiger partial charge is 0.462 e. The molecule has 0 aromatic heterocycles. The second kappa shape index (κ2) is 59.7. The molecule has 0 radical (unpaired) electrons. The maximum Gasteiger partial charge on any atom is 0.306 e. The Labute approximate surface area is 440 Å². The lowest BCUT2D eigenvalue weighted by atomic mass is 10.1. The maximum atomic E-state index is 12.9. The monoisotopic (exact) mass is 993 g/mol. The van der Waals surface area contributed by atoms with Crippen molar-refractivity contribution in [2.24, 2.45) is 0 Å². The van der Waals surface area contributed by atoms with Gasteiger partial charge in [-0.25, -0.2) is 0 Å². The van der Waals surface area contributed by atoms with Crippen LogP contribution in [-0.2, 0) is 28.6 Å². The fourth-order valence-electron chi connectivity index (χ4n) is 8.79. The summed E-state index contributed by atoms with van der Waals surface area (Å²) in [5, 5.41) is 0. The van der Waals surface area contributed by atoms with Crippen LogP contribution in [0.5, 0.6) is 0 Å². The summed E-state index contributed by atoms with van der Waals surface area (Å²) in [6.07, 6.45) is 75.0. The van der Waals surface area contributed by atoms with Crippen LogP contribution < -0.4 is 0 Å². The predicted molar refractivity (Wildman–Crippen MR) is 307 cm³/mol. The Morgan fingerprint density at radius 2 is 0.507 bits per heavy atom. The summed E-state index contributed by atoms with van der Waals surface area (Å²) in [7, 11) is 0.